The van der Waals surface area contributed by atoms with E-state index in [2.05, 4.69) is 6.58 Å². The molecule has 0 rings (SSSR count). The molecule has 7 nitrogen and oxygen atoms in total. The Kier molecular flexibility index (Phi) is 8.53. The van der Waals surface area contributed by atoms with Crippen molar-refractivity contribution in [2.45, 2.75) is 19.3 Å². The van der Waals surface area contributed by atoms with Crippen LogP contribution >= 0.6 is 0 Å². The van der Waals surface area contributed by atoms with Gasteiger partial charge in [0.1, 0.15) is 0 Å². The number of hydrogen-bond acceptors (Lipinski definition) is 7. The van der Waals surface area contributed by atoms with Gasteiger partial charge < -0.3 is 29.5 Å². The molecule has 3 N–H and O–H groups in total. The molecule has 0 unspecified atom stereocenters. The summed E-state index contributed by atoms with van der Waals surface area (Å²) in [6.45, 7) is 1.28. The fourth-order valence-corrected chi connectivity index (χ4v) is 1.27. The Morgan fingerprint density at radius 1 is 1.16 bits per heavy atom. The van der Waals surface area contributed by atoms with Gasteiger partial charge in [0.05, 0.1) is 19.8 Å². The summed E-state index contributed by atoms with van der Waals surface area (Å²) < 4.78 is 14.2. The Balaban J connectivity index is 4.34. The van der Waals surface area contributed by atoms with Gasteiger partial charge >= 0.3 is 12.4 Å². The van der Waals surface area contributed by atoms with Crippen molar-refractivity contribution >= 4 is 5.97 Å². The fraction of sp³-hybridized carbons (Fsp3) is 0.750. The summed E-state index contributed by atoms with van der Waals surface area (Å²) in [5.41, 5.74) is -0.899. The number of methoxy groups -OCH3 is 2. The average Bonchev–Trinajstić information content (AvgIpc) is 2.46. The predicted octanol–water partition coefficient (Wildman–Crippen LogP) is -0.594. The van der Waals surface area contributed by atoms with Crippen LogP contribution in [0.1, 0.15) is 12.8 Å². The average molecular weight is 278 g/mol. The van der Waals surface area contributed by atoms with E-state index in [1.165, 1.54) is 14.2 Å². The van der Waals surface area contributed by atoms with Crippen LogP contribution in [0, 0.1) is 5.41 Å². The molecule has 7 heteroatoms. The highest BCUT2D eigenvalue weighted by atomic mass is 16.8. The van der Waals surface area contributed by atoms with E-state index >= 15 is 0 Å². The summed E-state index contributed by atoms with van der Waals surface area (Å²) >= 11 is 0. The second kappa shape index (κ2) is 9.00. The summed E-state index contributed by atoms with van der Waals surface area (Å²) in [5.74, 6) is -0.698. The van der Waals surface area contributed by atoms with E-state index in [9.17, 15) is 4.79 Å². The SMILES string of the molecule is C=C(CCC(CO)(CO)CO)C(=O)OC(OC)OC. The highest BCUT2D eigenvalue weighted by Gasteiger charge is 2.29. The van der Waals surface area contributed by atoms with Crippen molar-refractivity contribution in [3.63, 3.8) is 0 Å². The number of carbonyl (C=O) groups is 1. The lowest BCUT2D eigenvalue weighted by atomic mass is 9.84. The lowest BCUT2D eigenvalue weighted by Crippen LogP contribution is -2.34. The predicted molar refractivity (Wildman–Crippen MR) is 66.0 cm³/mol. The Labute approximate surface area is 112 Å². The summed E-state index contributed by atoms with van der Waals surface area (Å²) in [7, 11) is 2.64. The minimum absolute atomic E-state index is 0.138. The molecular weight excluding hydrogens is 256 g/mol. The Bertz CT molecular complexity index is 274. The van der Waals surface area contributed by atoms with Gasteiger partial charge in [-0.2, -0.15) is 0 Å². The van der Waals surface area contributed by atoms with Crippen molar-refractivity contribution in [1.82, 2.24) is 0 Å². The Morgan fingerprint density at radius 2 is 1.63 bits per heavy atom. The van der Waals surface area contributed by atoms with E-state index in [4.69, 9.17) is 29.5 Å². The van der Waals surface area contributed by atoms with Crippen LogP contribution in [0.25, 0.3) is 0 Å². The second-order valence-corrected chi connectivity index (χ2v) is 4.24. The number of aliphatic hydroxyl groups is 3. The Hall–Kier alpha value is -0.990. The Morgan fingerprint density at radius 3 is 2.00 bits per heavy atom. The number of aliphatic hydroxyl groups excluding tert-OH is 3. The van der Waals surface area contributed by atoms with Gasteiger partial charge in [0.2, 0.25) is 0 Å². The highest BCUT2D eigenvalue weighted by molar-refractivity contribution is 5.87. The van der Waals surface area contributed by atoms with Crippen molar-refractivity contribution in [3.05, 3.63) is 12.2 Å². The number of hydrogen-bond donors (Lipinski definition) is 3. The number of carbonyl (C=O) groups excluding carboxylic acids is 1. The zero-order valence-corrected chi connectivity index (χ0v) is 11.3. The first-order valence-corrected chi connectivity index (χ1v) is 5.75. The summed E-state index contributed by atoms with van der Waals surface area (Å²) in [6.07, 6.45) is 0.371. The minimum atomic E-state index is -1.11. The largest absolute Gasteiger partial charge is 0.407 e. The van der Waals surface area contributed by atoms with Crippen molar-refractivity contribution in [3.8, 4) is 0 Å². The van der Waals surface area contributed by atoms with Crippen LogP contribution in [0.2, 0.25) is 0 Å². The zero-order valence-electron chi connectivity index (χ0n) is 11.3. The maximum atomic E-state index is 11.6. The quantitative estimate of drug-likeness (QED) is 0.278. The molecule has 0 aliphatic carbocycles. The molecule has 19 heavy (non-hydrogen) atoms. The molecule has 0 fully saturated rings. The van der Waals surface area contributed by atoms with E-state index in [-0.39, 0.29) is 38.2 Å². The molecule has 0 aliphatic heterocycles. The van der Waals surface area contributed by atoms with Crippen LogP contribution in [-0.4, -0.2) is 61.8 Å². The van der Waals surface area contributed by atoms with E-state index in [0.717, 1.165) is 0 Å². The first-order chi connectivity index (χ1) is 8.98. The van der Waals surface area contributed by atoms with Crippen molar-refractivity contribution < 1.29 is 34.3 Å². The topological polar surface area (TPSA) is 105 Å². The minimum Gasteiger partial charge on any atom is -0.407 e. The van der Waals surface area contributed by atoms with Gasteiger partial charge in [-0.15, -0.1) is 0 Å². The zero-order chi connectivity index (χ0) is 14.9. The molecule has 0 radical (unpaired) electrons. The van der Waals surface area contributed by atoms with Crippen LogP contribution in [0.3, 0.4) is 0 Å². The molecule has 0 atom stereocenters. The third kappa shape index (κ3) is 5.66. The van der Waals surface area contributed by atoms with E-state index in [0.29, 0.717) is 0 Å². The number of esters is 1. The molecular formula is C12H22O7. The maximum absolute atomic E-state index is 11.6. The summed E-state index contributed by atoms with van der Waals surface area (Å²) in [4.78, 5) is 11.6. The van der Waals surface area contributed by atoms with Crippen LogP contribution in [0.5, 0.6) is 0 Å². The molecule has 0 saturated heterocycles. The van der Waals surface area contributed by atoms with Crippen LogP contribution in [0.15, 0.2) is 12.2 Å². The van der Waals surface area contributed by atoms with Gasteiger partial charge in [0.15, 0.2) is 0 Å². The highest BCUT2D eigenvalue weighted by Crippen LogP contribution is 2.24. The van der Waals surface area contributed by atoms with Crippen molar-refractivity contribution in [2.24, 2.45) is 5.41 Å². The van der Waals surface area contributed by atoms with E-state index < -0.39 is 17.9 Å². The van der Waals surface area contributed by atoms with Crippen LogP contribution in [-0.2, 0) is 19.0 Å². The smallest absolute Gasteiger partial charge is 0.337 e. The summed E-state index contributed by atoms with van der Waals surface area (Å²) in [5, 5.41) is 27.4. The van der Waals surface area contributed by atoms with Crippen molar-refractivity contribution in [2.75, 3.05) is 34.0 Å². The number of ether oxygens (including phenoxy) is 3. The first-order valence-electron chi connectivity index (χ1n) is 5.75. The van der Waals surface area contributed by atoms with Crippen molar-refractivity contribution in [1.29, 1.82) is 0 Å². The molecule has 0 amide bonds. The van der Waals surface area contributed by atoms with Gasteiger partial charge in [-0.1, -0.05) is 6.58 Å². The molecule has 0 bridgehead atoms. The maximum Gasteiger partial charge on any atom is 0.337 e. The molecule has 0 aliphatic rings. The van der Waals surface area contributed by atoms with E-state index in [1.54, 1.807) is 0 Å². The molecule has 0 aromatic carbocycles. The van der Waals surface area contributed by atoms with Gasteiger partial charge in [0, 0.05) is 25.2 Å². The molecule has 0 aromatic rings. The number of rotatable bonds is 10. The molecule has 0 aromatic heterocycles. The molecule has 0 spiro atoms. The molecule has 112 valence electrons. The fourth-order valence-electron chi connectivity index (χ4n) is 1.27. The van der Waals surface area contributed by atoms with Gasteiger partial charge in [0.25, 0.3) is 0 Å². The standard InChI is InChI=1S/C12H22O7/c1-9(10(16)19-11(17-2)18-3)4-5-12(6-13,7-14)8-15/h11,13-15H,1,4-8H2,2-3H3. The monoisotopic (exact) mass is 278 g/mol. The van der Waals surface area contributed by atoms with Crippen LogP contribution < -0.4 is 0 Å². The normalized spacial score (nSPS) is 11.7. The van der Waals surface area contributed by atoms with E-state index in [1.807, 2.05) is 0 Å². The van der Waals surface area contributed by atoms with Crippen LogP contribution in [0.4, 0.5) is 0 Å². The second-order valence-electron chi connectivity index (χ2n) is 4.24. The lowest BCUT2D eigenvalue weighted by molar-refractivity contribution is -0.252. The molecule has 0 saturated carbocycles. The van der Waals surface area contributed by atoms with Gasteiger partial charge in [-0.25, -0.2) is 4.79 Å². The third-order valence-corrected chi connectivity index (χ3v) is 2.84. The third-order valence-electron chi connectivity index (χ3n) is 2.84. The molecule has 0 heterocycles. The van der Waals surface area contributed by atoms with Gasteiger partial charge in [-0.3, -0.25) is 0 Å². The lowest BCUT2D eigenvalue weighted by Gasteiger charge is -2.27. The summed E-state index contributed by atoms with van der Waals surface area (Å²) in [6, 6.07) is 0. The van der Waals surface area contributed by atoms with Gasteiger partial charge in [-0.05, 0) is 12.8 Å². The first kappa shape index (κ1) is 18.0.